The van der Waals surface area contributed by atoms with Crippen LogP contribution in [0.3, 0.4) is 0 Å². The molecule has 2 aromatic rings. The molecule has 7 nitrogen and oxygen atoms in total. The molecule has 0 aliphatic rings. The quantitative estimate of drug-likeness (QED) is 0.426. The van der Waals surface area contributed by atoms with Crippen LogP contribution in [-0.2, 0) is 22.6 Å². The summed E-state index contributed by atoms with van der Waals surface area (Å²) in [6, 6.07) is 10.2. The van der Waals surface area contributed by atoms with Gasteiger partial charge in [0.05, 0.1) is 11.3 Å². The lowest BCUT2D eigenvalue weighted by Gasteiger charge is -2.31. The number of nitro benzene ring substituents is 1. The minimum Gasteiger partial charge on any atom is -0.352 e. The highest BCUT2D eigenvalue weighted by Gasteiger charge is 2.31. The van der Waals surface area contributed by atoms with Crippen molar-refractivity contribution in [3.05, 3.63) is 73.8 Å². The van der Waals surface area contributed by atoms with E-state index in [1.54, 1.807) is 37.3 Å². The molecule has 166 valence electrons. The van der Waals surface area contributed by atoms with E-state index in [2.05, 4.69) is 5.32 Å². The number of nitrogens with one attached hydrogen (secondary N) is 1. The molecule has 0 unspecified atom stereocenters. The number of hydrogen-bond donors (Lipinski definition) is 1. The normalized spacial score (nSPS) is 11.8. The van der Waals surface area contributed by atoms with Gasteiger partial charge in [-0.2, -0.15) is 0 Å². The first-order chi connectivity index (χ1) is 14.6. The zero-order chi connectivity index (χ0) is 23.1. The zero-order valence-corrected chi connectivity index (χ0v) is 19.1. The van der Waals surface area contributed by atoms with Crippen molar-refractivity contribution in [3.8, 4) is 0 Å². The highest BCUT2D eigenvalue weighted by Crippen LogP contribution is 2.28. The first kappa shape index (κ1) is 24.6. The topological polar surface area (TPSA) is 92.6 Å². The standard InChI is InChI=1S/C22H25Cl2N3O4/c1-4-19(22(29)25-14(2)3)26(13-16-17(23)9-7-10-18(16)24)21(28)12-15-8-5-6-11-20(15)27(30)31/h5-11,14,19H,4,12-13H2,1-3H3,(H,25,29)/t19-/m0/s1. The van der Waals surface area contributed by atoms with Gasteiger partial charge < -0.3 is 10.2 Å². The van der Waals surface area contributed by atoms with Gasteiger partial charge >= 0.3 is 0 Å². The molecule has 0 radical (unpaired) electrons. The van der Waals surface area contributed by atoms with E-state index < -0.39 is 16.9 Å². The zero-order valence-electron chi connectivity index (χ0n) is 17.6. The van der Waals surface area contributed by atoms with Gasteiger partial charge in [-0.15, -0.1) is 0 Å². The summed E-state index contributed by atoms with van der Waals surface area (Å²) < 4.78 is 0. The maximum Gasteiger partial charge on any atom is 0.273 e. The molecule has 0 aliphatic heterocycles. The number of hydrogen-bond acceptors (Lipinski definition) is 4. The molecule has 0 saturated heterocycles. The summed E-state index contributed by atoms with van der Waals surface area (Å²) in [6.45, 7) is 5.45. The van der Waals surface area contributed by atoms with Gasteiger partial charge in [0.15, 0.2) is 0 Å². The van der Waals surface area contributed by atoms with E-state index >= 15 is 0 Å². The van der Waals surface area contributed by atoms with Crippen LogP contribution in [0, 0.1) is 10.1 Å². The van der Waals surface area contributed by atoms with Crippen LogP contribution >= 0.6 is 23.2 Å². The minimum absolute atomic E-state index is 0.00198. The molecule has 0 aromatic heterocycles. The molecule has 2 rings (SSSR count). The molecular weight excluding hydrogens is 441 g/mol. The molecule has 0 heterocycles. The smallest absolute Gasteiger partial charge is 0.273 e. The third kappa shape index (κ3) is 6.42. The van der Waals surface area contributed by atoms with E-state index in [0.717, 1.165) is 0 Å². The average Bonchev–Trinajstić information content (AvgIpc) is 2.69. The molecule has 0 saturated carbocycles. The van der Waals surface area contributed by atoms with Gasteiger partial charge in [-0.05, 0) is 32.4 Å². The van der Waals surface area contributed by atoms with Crippen molar-refractivity contribution >= 4 is 40.7 Å². The molecule has 2 amide bonds. The Morgan fingerprint density at radius 1 is 1.10 bits per heavy atom. The van der Waals surface area contributed by atoms with E-state index in [9.17, 15) is 19.7 Å². The van der Waals surface area contributed by atoms with Crippen molar-refractivity contribution in [2.45, 2.75) is 52.2 Å². The summed E-state index contributed by atoms with van der Waals surface area (Å²) in [6.07, 6.45) is 0.119. The number of benzene rings is 2. The SMILES string of the molecule is CC[C@@H](C(=O)NC(C)C)N(Cc1c(Cl)cccc1Cl)C(=O)Cc1ccccc1[N+](=O)[O-]. The van der Waals surface area contributed by atoms with Crippen molar-refractivity contribution in [2.24, 2.45) is 0 Å². The summed E-state index contributed by atoms with van der Waals surface area (Å²) in [5, 5.41) is 14.9. The number of halogens is 2. The van der Waals surface area contributed by atoms with Crippen LogP contribution in [0.1, 0.15) is 38.3 Å². The van der Waals surface area contributed by atoms with Crippen molar-refractivity contribution in [2.75, 3.05) is 0 Å². The second-order valence-corrected chi connectivity index (χ2v) is 8.19. The van der Waals surface area contributed by atoms with E-state index in [1.807, 2.05) is 13.8 Å². The molecule has 2 aromatic carbocycles. The molecule has 0 aliphatic carbocycles. The molecular formula is C22H25Cl2N3O4. The number of amides is 2. The number of nitrogens with zero attached hydrogens (tertiary/aromatic N) is 2. The Kier molecular flexibility index (Phi) is 8.83. The van der Waals surface area contributed by atoms with Gasteiger partial charge in [0.1, 0.15) is 6.04 Å². The molecule has 0 fully saturated rings. The number of nitro groups is 1. The van der Waals surface area contributed by atoms with E-state index in [4.69, 9.17) is 23.2 Å². The number of rotatable bonds is 9. The van der Waals surface area contributed by atoms with Crippen molar-refractivity contribution in [1.82, 2.24) is 10.2 Å². The van der Waals surface area contributed by atoms with Crippen LogP contribution in [0.15, 0.2) is 42.5 Å². The first-order valence-electron chi connectivity index (χ1n) is 9.90. The molecule has 0 spiro atoms. The summed E-state index contributed by atoms with van der Waals surface area (Å²) in [5.41, 5.74) is 0.635. The van der Waals surface area contributed by atoms with Crippen molar-refractivity contribution < 1.29 is 14.5 Å². The number of carbonyl (C=O) groups excluding carboxylic acids is 2. The summed E-state index contributed by atoms with van der Waals surface area (Å²) in [7, 11) is 0. The molecule has 1 atom stereocenters. The highest BCUT2D eigenvalue weighted by molar-refractivity contribution is 6.36. The second kappa shape index (κ2) is 11.1. The molecule has 0 bridgehead atoms. The highest BCUT2D eigenvalue weighted by atomic mass is 35.5. The fourth-order valence-corrected chi connectivity index (χ4v) is 3.77. The Bertz CT molecular complexity index is 945. The number of para-hydroxylation sites is 1. The van der Waals surface area contributed by atoms with Crippen LogP contribution in [0.4, 0.5) is 5.69 Å². The van der Waals surface area contributed by atoms with Crippen LogP contribution in [0.5, 0.6) is 0 Å². The van der Waals surface area contributed by atoms with Crippen LogP contribution < -0.4 is 5.32 Å². The van der Waals surface area contributed by atoms with Crippen molar-refractivity contribution in [1.29, 1.82) is 0 Å². The largest absolute Gasteiger partial charge is 0.352 e. The Morgan fingerprint density at radius 2 is 1.71 bits per heavy atom. The lowest BCUT2D eigenvalue weighted by molar-refractivity contribution is -0.385. The summed E-state index contributed by atoms with van der Waals surface area (Å²) in [4.78, 5) is 38.4. The van der Waals surface area contributed by atoms with Crippen molar-refractivity contribution in [3.63, 3.8) is 0 Å². The summed E-state index contributed by atoms with van der Waals surface area (Å²) in [5.74, 6) is -0.743. The molecule has 9 heteroatoms. The predicted molar refractivity (Wildman–Crippen MR) is 121 cm³/mol. The third-order valence-corrected chi connectivity index (χ3v) is 5.45. The maximum absolute atomic E-state index is 13.3. The Hall–Kier alpha value is -2.64. The van der Waals surface area contributed by atoms with Gasteiger partial charge in [-0.3, -0.25) is 19.7 Å². The first-order valence-corrected chi connectivity index (χ1v) is 10.7. The van der Waals surface area contributed by atoms with Gasteiger partial charge in [0, 0.05) is 39.8 Å². The molecule has 31 heavy (non-hydrogen) atoms. The van der Waals surface area contributed by atoms with Gasteiger partial charge in [0.25, 0.3) is 5.69 Å². The fraction of sp³-hybridized carbons (Fsp3) is 0.364. The third-order valence-electron chi connectivity index (χ3n) is 4.74. The maximum atomic E-state index is 13.3. The second-order valence-electron chi connectivity index (χ2n) is 7.37. The minimum atomic E-state index is -0.787. The van der Waals surface area contributed by atoms with Gasteiger partial charge in [-0.25, -0.2) is 0 Å². The van der Waals surface area contributed by atoms with Crippen LogP contribution in [0.2, 0.25) is 10.0 Å². The Balaban J connectivity index is 2.44. The van der Waals surface area contributed by atoms with E-state index in [0.29, 0.717) is 22.0 Å². The van der Waals surface area contributed by atoms with Crippen LogP contribution in [0.25, 0.3) is 0 Å². The average molecular weight is 466 g/mol. The van der Waals surface area contributed by atoms with Gasteiger partial charge in [-0.1, -0.05) is 54.4 Å². The predicted octanol–water partition coefficient (Wildman–Crippen LogP) is 4.78. The van der Waals surface area contributed by atoms with E-state index in [1.165, 1.54) is 17.0 Å². The monoisotopic (exact) mass is 465 g/mol. The Labute approximate surface area is 191 Å². The summed E-state index contributed by atoms with van der Waals surface area (Å²) >= 11 is 12.6. The lowest BCUT2D eigenvalue weighted by Crippen LogP contribution is -2.50. The fourth-order valence-electron chi connectivity index (χ4n) is 3.26. The van der Waals surface area contributed by atoms with Gasteiger partial charge in [0.2, 0.25) is 11.8 Å². The van der Waals surface area contributed by atoms with E-state index in [-0.39, 0.29) is 36.2 Å². The number of carbonyl (C=O) groups is 2. The lowest BCUT2D eigenvalue weighted by atomic mass is 10.0. The van der Waals surface area contributed by atoms with Crippen LogP contribution in [-0.4, -0.2) is 33.7 Å². The Morgan fingerprint density at radius 3 is 2.26 bits per heavy atom. The molecule has 1 N–H and O–H groups in total.